The van der Waals surface area contributed by atoms with Crippen LogP contribution in [0.2, 0.25) is 0 Å². The van der Waals surface area contributed by atoms with Crippen molar-refractivity contribution < 1.29 is 77.5 Å². The van der Waals surface area contributed by atoms with Crippen LogP contribution in [0, 0.1) is 0 Å². The van der Waals surface area contributed by atoms with Crippen LogP contribution in [-0.2, 0) is 10.3 Å². The maximum atomic E-state index is 11.5. The predicted octanol–water partition coefficient (Wildman–Crippen LogP) is -3.01. The van der Waals surface area contributed by atoms with Crippen molar-refractivity contribution in [3.63, 3.8) is 0 Å². The third kappa shape index (κ3) is 7.92. The first-order valence-corrected chi connectivity index (χ1v) is 3.83. The van der Waals surface area contributed by atoms with Crippen molar-refractivity contribution in [1.82, 2.24) is 4.72 Å². The molecule has 9 heteroatoms. The molecule has 1 N–H and O–H groups in total. The first-order valence-electron chi connectivity index (χ1n) is 2.43. The zero-order chi connectivity index (χ0) is 9.28. The van der Waals surface area contributed by atoms with Gasteiger partial charge < -0.3 is 4.55 Å². The molecular formula is C3H5F3KNO3S. The third-order valence-corrected chi connectivity index (χ3v) is 1.45. The summed E-state index contributed by atoms with van der Waals surface area (Å²) < 4.78 is 64.6. The minimum absolute atomic E-state index is 0. The summed E-state index contributed by atoms with van der Waals surface area (Å²) in [6, 6.07) is -2.34. The third-order valence-electron chi connectivity index (χ3n) is 0.812. The Morgan fingerprint density at radius 3 is 1.83 bits per heavy atom. The van der Waals surface area contributed by atoms with Crippen LogP contribution < -0.4 is 56.1 Å². The van der Waals surface area contributed by atoms with E-state index in [1.165, 1.54) is 0 Å². The number of rotatable bonds is 2. The number of halogens is 3. The van der Waals surface area contributed by atoms with E-state index in [0.29, 0.717) is 6.92 Å². The van der Waals surface area contributed by atoms with Gasteiger partial charge in [0.25, 0.3) is 0 Å². The molecule has 0 spiro atoms. The summed E-state index contributed by atoms with van der Waals surface area (Å²) in [6.45, 7) is 0.537. The SMILES string of the molecule is CC(NS(=O)(=O)[O-])C(F)(F)F.[K+]. The van der Waals surface area contributed by atoms with Crippen molar-refractivity contribution in [2.45, 2.75) is 19.1 Å². The van der Waals surface area contributed by atoms with E-state index in [0.717, 1.165) is 4.72 Å². The Morgan fingerprint density at radius 2 is 1.75 bits per heavy atom. The molecule has 12 heavy (non-hydrogen) atoms. The van der Waals surface area contributed by atoms with Crippen molar-refractivity contribution in [3.05, 3.63) is 0 Å². The fraction of sp³-hybridized carbons (Fsp3) is 1.00. The Kier molecular flexibility index (Phi) is 6.89. The quantitative estimate of drug-likeness (QED) is 0.406. The Balaban J connectivity index is 0. The molecule has 4 nitrogen and oxygen atoms in total. The summed E-state index contributed by atoms with van der Waals surface area (Å²) in [4.78, 5) is 0. The van der Waals surface area contributed by atoms with Gasteiger partial charge in [-0.05, 0) is 6.92 Å². The van der Waals surface area contributed by atoms with Gasteiger partial charge in [-0.1, -0.05) is 0 Å². The maximum absolute atomic E-state index is 11.5. The van der Waals surface area contributed by atoms with E-state index in [2.05, 4.69) is 0 Å². The van der Waals surface area contributed by atoms with Crippen molar-refractivity contribution in [2.24, 2.45) is 0 Å². The van der Waals surface area contributed by atoms with Crippen molar-refractivity contribution in [2.75, 3.05) is 0 Å². The van der Waals surface area contributed by atoms with Crippen molar-refractivity contribution >= 4 is 10.3 Å². The summed E-state index contributed by atoms with van der Waals surface area (Å²) >= 11 is 0. The molecule has 0 rings (SSSR count). The van der Waals surface area contributed by atoms with Gasteiger partial charge in [0.1, 0.15) is 6.04 Å². The fourth-order valence-corrected chi connectivity index (χ4v) is 0.850. The Morgan fingerprint density at radius 1 is 1.42 bits per heavy atom. The number of hydrogen-bond donors (Lipinski definition) is 1. The molecule has 0 aromatic heterocycles. The van der Waals surface area contributed by atoms with E-state index in [1.54, 1.807) is 0 Å². The zero-order valence-corrected chi connectivity index (χ0v) is 10.3. The molecule has 0 bridgehead atoms. The number of alkyl halides is 3. The normalized spacial score (nSPS) is 15.1. The minimum Gasteiger partial charge on any atom is -0.735 e. The molecule has 0 aliphatic heterocycles. The van der Waals surface area contributed by atoms with Crippen LogP contribution >= 0.6 is 0 Å². The molecule has 0 saturated carbocycles. The minimum atomic E-state index is -5.03. The van der Waals surface area contributed by atoms with Gasteiger partial charge in [0.2, 0.25) is 0 Å². The van der Waals surface area contributed by atoms with Gasteiger partial charge in [0.15, 0.2) is 10.3 Å². The molecule has 1 atom stereocenters. The van der Waals surface area contributed by atoms with E-state index >= 15 is 0 Å². The van der Waals surface area contributed by atoms with Crippen LogP contribution in [0.3, 0.4) is 0 Å². The van der Waals surface area contributed by atoms with Gasteiger partial charge >= 0.3 is 57.6 Å². The molecule has 1 unspecified atom stereocenters. The summed E-state index contributed by atoms with van der Waals surface area (Å²) in [5.41, 5.74) is 0. The molecule has 0 fully saturated rings. The van der Waals surface area contributed by atoms with Crippen LogP contribution in [0.1, 0.15) is 6.92 Å². The molecule has 68 valence electrons. The standard InChI is InChI=1S/C3H6F3NO3S.K/c1-2(3(4,5)6)7-11(8,9)10;/h2,7H,1H3,(H,8,9,10);/q;+1/p-1. The van der Waals surface area contributed by atoms with Crippen LogP contribution in [0.15, 0.2) is 0 Å². The molecule has 0 heterocycles. The molecule has 0 amide bonds. The molecule has 0 aliphatic rings. The summed E-state index contributed by atoms with van der Waals surface area (Å²) in [5.74, 6) is 0. The average molecular weight is 231 g/mol. The van der Waals surface area contributed by atoms with Crippen LogP contribution in [-0.4, -0.2) is 25.2 Å². The summed E-state index contributed by atoms with van der Waals surface area (Å²) in [7, 11) is -5.03. The molecule has 0 aromatic rings. The zero-order valence-electron chi connectivity index (χ0n) is 6.34. The largest absolute Gasteiger partial charge is 1.00 e. The van der Waals surface area contributed by atoms with E-state index in [-0.39, 0.29) is 51.4 Å². The molecule has 0 aliphatic carbocycles. The second kappa shape index (κ2) is 5.24. The molecule has 0 aromatic carbocycles. The number of hydrogen-bond acceptors (Lipinski definition) is 3. The van der Waals surface area contributed by atoms with Crippen LogP contribution in [0.5, 0.6) is 0 Å². The average Bonchev–Trinajstić information content (AvgIpc) is 1.56. The van der Waals surface area contributed by atoms with Crippen LogP contribution in [0.4, 0.5) is 13.2 Å². The number of nitrogens with one attached hydrogen (secondary N) is 1. The van der Waals surface area contributed by atoms with Crippen molar-refractivity contribution in [3.8, 4) is 0 Å². The predicted molar refractivity (Wildman–Crippen MR) is 28.3 cm³/mol. The van der Waals surface area contributed by atoms with Gasteiger partial charge in [-0.2, -0.15) is 13.2 Å². The second-order valence-corrected chi connectivity index (χ2v) is 2.98. The van der Waals surface area contributed by atoms with Gasteiger partial charge in [0, 0.05) is 0 Å². The summed E-state index contributed by atoms with van der Waals surface area (Å²) in [6.07, 6.45) is -4.72. The Bertz CT molecular complexity index is 225. The molecule has 0 saturated heterocycles. The smallest absolute Gasteiger partial charge is 0.735 e. The van der Waals surface area contributed by atoms with Gasteiger partial charge in [-0.25, -0.2) is 13.1 Å². The van der Waals surface area contributed by atoms with Crippen LogP contribution in [0.25, 0.3) is 0 Å². The first-order chi connectivity index (χ1) is 4.63. The summed E-state index contributed by atoms with van der Waals surface area (Å²) in [5, 5.41) is 0. The van der Waals surface area contributed by atoms with E-state index < -0.39 is 22.5 Å². The monoisotopic (exact) mass is 231 g/mol. The van der Waals surface area contributed by atoms with E-state index in [4.69, 9.17) is 0 Å². The van der Waals surface area contributed by atoms with Gasteiger partial charge in [-0.15, -0.1) is 0 Å². The Labute approximate surface area is 110 Å². The topological polar surface area (TPSA) is 69.2 Å². The van der Waals surface area contributed by atoms with E-state index in [9.17, 15) is 26.1 Å². The maximum Gasteiger partial charge on any atom is 1.00 e. The van der Waals surface area contributed by atoms with Gasteiger partial charge in [0.05, 0.1) is 0 Å². The second-order valence-electron chi connectivity index (χ2n) is 1.84. The fourth-order valence-electron chi connectivity index (χ4n) is 0.283. The molecule has 0 radical (unpaired) electrons. The molecular weight excluding hydrogens is 226 g/mol. The van der Waals surface area contributed by atoms with E-state index in [1.807, 2.05) is 0 Å². The van der Waals surface area contributed by atoms with Crippen molar-refractivity contribution in [1.29, 1.82) is 0 Å². The van der Waals surface area contributed by atoms with Gasteiger partial charge in [-0.3, -0.25) is 0 Å². The first kappa shape index (κ1) is 15.8. The Hall–Kier alpha value is 1.30.